The van der Waals surface area contributed by atoms with Gasteiger partial charge in [-0.2, -0.15) is 0 Å². The highest BCUT2D eigenvalue weighted by Crippen LogP contribution is 2.40. The van der Waals surface area contributed by atoms with Crippen molar-refractivity contribution in [2.45, 2.75) is 25.2 Å². The third kappa shape index (κ3) is 2.54. The summed E-state index contributed by atoms with van der Waals surface area (Å²) in [4.78, 5) is 23.2. The fourth-order valence-electron chi connectivity index (χ4n) is 2.49. The van der Waals surface area contributed by atoms with Gasteiger partial charge in [-0.1, -0.05) is 6.92 Å². The van der Waals surface area contributed by atoms with Gasteiger partial charge in [-0.15, -0.1) is 0 Å². The van der Waals surface area contributed by atoms with Crippen LogP contribution in [0.15, 0.2) is 18.2 Å². The maximum atomic E-state index is 11.6. The second-order valence-electron chi connectivity index (χ2n) is 4.95. The Morgan fingerprint density at radius 1 is 1.11 bits per heavy atom. The summed E-state index contributed by atoms with van der Waals surface area (Å²) < 4.78 is 10.5. The molecule has 0 aromatic heterocycles. The topological polar surface area (TPSA) is 64.6 Å². The molecule has 1 aromatic carbocycles. The highest BCUT2D eigenvalue weighted by Gasteiger charge is 2.39. The summed E-state index contributed by atoms with van der Waals surface area (Å²) in [6.07, 6.45) is 0.504. The van der Waals surface area contributed by atoms with E-state index >= 15 is 0 Å². The summed E-state index contributed by atoms with van der Waals surface area (Å²) in [6.45, 7) is 1.89. The summed E-state index contributed by atoms with van der Waals surface area (Å²) in [5.74, 6) is 0.813. The number of piperidine rings is 1. The molecule has 19 heavy (non-hydrogen) atoms. The Hall–Kier alpha value is -2.04. The molecule has 1 aliphatic heterocycles. The zero-order valence-electron chi connectivity index (χ0n) is 11.3. The lowest BCUT2D eigenvalue weighted by molar-refractivity contribution is -0.135. The first-order valence-corrected chi connectivity index (χ1v) is 6.04. The van der Waals surface area contributed by atoms with Crippen LogP contribution in [-0.4, -0.2) is 26.0 Å². The molecule has 0 unspecified atom stereocenters. The van der Waals surface area contributed by atoms with E-state index in [1.165, 1.54) is 0 Å². The average molecular weight is 263 g/mol. The van der Waals surface area contributed by atoms with Crippen LogP contribution in [0.3, 0.4) is 0 Å². The van der Waals surface area contributed by atoms with Crippen molar-refractivity contribution in [2.24, 2.45) is 0 Å². The van der Waals surface area contributed by atoms with E-state index in [0.717, 1.165) is 5.56 Å². The Bertz CT molecular complexity index is 508. The minimum absolute atomic E-state index is 0.252. The molecule has 2 amide bonds. The highest BCUT2D eigenvalue weighted by molar-refractivity contribution is 5.99. The molecular weight excluding hydrogens is 246 g/mol. The summed E-state index contributed by atoms with van der Waals surface area (Å²) >= 11 is 0. The Labute approximate surface area is 111 Å². The largest absolute Gasteiger partial charge is 0.497 e. The molecule has 0 atom stereocenters. The number of carbonyl (C=O) groups excluding carboxylic acids is 2. The zero-order chi connectivity index (χ0) is 14.0. The number of benzene rings is 1. The second-order valence-corrected chi connectivity index (χ2v) is 4.95. The summed E-state index contributed by atoms with van der Waals surface area (Å²) in [6, 6.07) is 5.40. The SMILES string of the molecule is COc1ccc(OC)c(C2(C)CC(=O)NC(=O)C2)c1. The van der Waals surface area contributed by atoms with E-state index in [4.69, 9.17) is 9.47 Å². The Morgan fingerprint density at radius 3 is 2.26 bits per heavy atom. The Balaban J connectivity index is 2.48. The van der Waals surface area contributed by atoms with Crippen LogP contribution in [0.25, 0.3) is 0 Å². The molecule has 1 saturated heterocycles. The molecule has 1 heterocycles. The monoisotopic (exact) mass is 263 g/mol. The van der Waals surface area contributed by atoms with Crippen molar-refractivity contribution in [2.75, 3.05) is 14.2 Å². The summed E-state index contributed by atoms with van der Waals surface area (Å²) in [5.41, 5.74) is 0.247. The second kappa shape index (κ2) is 4.91. The molecule has 1 aromatic rings. The molecule has 1 aliphatic rings. The number of imide groups is 1. The maximum Gasteiger partial charge on any atom is 0.227 e. The molecule has 5 heteroatoms. The van der Waals surface area contributed by atoms with E-state index in [9.17, 15) is 9.59 Å². The van der Waals surface area contributed by atoms with Gasteiger partial charge in [-0.05, 0) is 18.2 Å². The van der Waals surface area contributed by atoms with Crippen molar-refractivity contribution in [1.29, 1.82) is 0 Å². The molecule has 102 valence electrons. The van der Waals surface area contributed by atoms with Crippen LogP contribution in [0.5, 0.6) is 11.5 Å². The highest BCUT2D eigenvalue weighted by atomic mass is 16.5. The van der Waals surface area contributed by atoms with Gasteiger partial charge < -0.3 is 9.47 Å². The summed E-state index contributed by atoms with van der Waals surface area (Å²) in [7, 11) is 3.14. The molecule has 0 bridgehead atoms. The normalized spacial score (nSPS) is 17.8. The third-order valence-electron chi connectivity index (χ3n) is 3.44. The quantitative estimate of drug-likeness (QED) is 0.837. The van der Waals surface area contributed by atoms with Crippen LogP contribution in [0.1, 0.15) is 25.3 Å². The number of hydrogen-bond donors (Lipinski definition) is 1. The van der Waals surface area contributed by atoms with E-state index in [-0.39, 0.29) is 24.7 Å². The zero-order valence-corrected chi connectivity index (χ0v) is 11.3. The minimum atomic E-state index is -0.570. The van der Waals surface area contributed by atoms with E-state index in [1.807, 2.05) is 13.0 Å². The van der Waals surface area contributed by atoms with Crippen LogP contribution in [0.2, 0.25) is 0 Å². The van der Waals surface area contributed by atoms with Crippen molar-refractivity contribution in [1.82, 2.24) is 5.32 Å². The standard InChI is InChI=1S/C14H17NO4/c1-14(7-12(16)15-13(17)8-14)10-6-9(18-2)4-5-11(10)19-3/h4-6H,7-8H2,1-3H3,(H,15,16,17). The van der Waals surface area contributed by atoms with Crippen molar-refractivity contribution in [3.8, 4) is 11.5 Å². The van der Waals surface area contributed by atoms with Crippen molar-refractivity contribution in [3.05, 3.63) is 23.8 Å². The fraction of sp³-hybridized carbons (Fsp3) is 0.429. The van der Waals surface area contributed by atoms with Gasteiger partial charge in [0.1, 0.15) is 11.5 Å². The number of hydrogen-bond acceptors (Lipinski definition) is 4. The maximum absolute atomic E-state index is 11.6. The van der Waals surface area contributed by atoms with Crippen molar-refractivity contribution >= 4 is 11.8 Å². The van der Waals surface area contributed by atoms with E-state index < -0.39 is 5.41 Å². The molecule has 0 spiro atoms. The predicted octanol–water partition coefficient (Wildman–Crippen LogP) is 1.40. The van der Waals surface area contributed by atoms with Crippen LogP contribution in [0, 0.1) is 0 Å². The smallest absolute Gasteiger partial charge is 0.227 e. The number of amides is 2. The predicted molar refractivity (Wildman–Crippen MR) is 69.3 cm³/mol. The van der Waals surface area contributed by atoms with Crippen LogP contribution in [0.4, 0.5) is 0 Å². The fourth-order valence-corrected chi connectivity index (χ4v) is 2.49. The first-order valence-electron chi connectivity index (χ1n) is 6.04. The van der Waals surface area contributed by atoms with Gasteiger partial charge in [-0.3, -0.25) is 14.9 Å². The number of carbonyl (C=O) groups is 2. The van der Waals surface area contributed by atoms with Crippen molar-refractivity contribution < 1.29 is 19.1 Å². The number of ether oxygens (including phenoxy) is 2. The van der Waals surface area contributed by atoms with Gasteiger partial charge in [0.25, 0.3) is 0 Å². The van der Waals surface area contributed by atoms with Crippen LogP contribution >= 0.6 is 0 Å². The molecule has 1 N–H and O–H groups in total. The van der Waals surface area contributed by atoms with Gasteiger partial charge in [0.15, 0.2) is 0 Å². The van der Waals surface area contributed by atoms with E-state index in [0.29, 0.717) is 11.5 Å². The van der Waals surface area contributed by atoms with Crippen LogP contribution < -0.4 is 14.8 Å². The molecule has 0 aliphatic carbocycles. The van der Waals surface area contributed by atoms with Gasteiger partial charge in [0.05, 0.1) is 14.2 Å². The minimum Gasteiger partial charge on any atom is -0.497 e. The van der Waals surface area contributed by atoms with Gasteiger partial charge in [0.2, 0.25) is 11.8 Å². The van der Waals surface area contributed by atoms with Gasteiger partial charge in [-0.25, -0.2) is 0 Å². The molecule has 0 radical (unpaired) electrons. The van der Waals surface area contributed by atoms with Gasteiger partial charge in [0, 0.05) is 23.8 Å². The lowest BCUT2D eigenvalue weighted by atomic mass is 9.74. The molecule has 2 rings (SSSR count). The number of nitrogens with one attached hydrogen (secondary N) is 1. The lowest BCUT2D eigenvalue weighted by Gasteiger charge is -2.33. The molecule has 0 saturated carbocycles. The molecule has 5 nitrogen and oxygen atoms in total. The lowest BCUT2D eigenvalue weighted by Crippen LogP contribution is -2.45. The average Bonchev–Trinajstić information content (AvgIpc) is 2.36. The first kappa shape index (κ1) is 13.4. The van der Waals surface area contributed by atoms with E-state index in [1.54, 1.807) is 26.4 Å². The Kier molecular flexibility index (Phi) is 3.46. The molecular formula is C14H17NO4. The van der Waals surface area contributed by atoms with Crippen molar-refractivity contribution in [3.63, 3.8) is 0 Å². The summed E-state index contributed by atoms with van der Waals surface area (Å²) in [5, 5.41) is 2.32. The third-order valence-corrected chi connectivity index (χ3v) is 3.44. The van der Waals surface area contributed by atoms with Gasteiger partial charge >= 0.3 is 0 Å². The first-order chi connectivity index (χ1) is 8.98. The Morgan fingerprint density at radius 2 is 1.74 bits per heavy atom. The molecule has 1 fully saturated rings. The number of rotatable bonds is 3. The van der Waals surface area contributed by atoms with Crippen LogP contribution in [-0.2, 0) is 15.0 Å². The van der Waals surface area contributed by atoms with E-state index in [2.05, 4.69) is 5.32 Å². The number of methoxy groups -OCH3 is 2.